The minimum Gasteiger partial charge on any atom is -0.370 e. The van der Waals surface area contributed by atoms with Crippen molar-refractivity contribution in [1.82, 2.24) is 5.32 Å². The Morgan fingerprint density at radius 3 is 1.95 bits per heavy atom. The molecule has 1 saturated heterocycles. The monoisotopic (exact) mass is 343 g/mol. The minimum absolute atomic E-state index is 0.00810. The third-order valence-corrected chi connectivity index (χ3v) is 2.92. The minimum atomic E-state index is -0.367. The molecule has 6 heteroatoms. The molecule has 0 bridgehead atoms. The number of rotatable bonds is 0. The van der Waals surface area contributed by atoms with Crippen LogP contribution in [0.1, 0.15) is 0 Å². The molecule has 1 aliphatic heterocycles. The number of halogens is 3. The SMILES string of the molecule is Clc1ccccc1.Fc1ccccc1Cl.O=C1COCCN1. The topological polar surface area (TPSA) is 38.3 Å². The lowest BCUT2D eigenvalue weighted by Gasteiger charge is -2.10. The van der Waals surface area contributed by atoms with Gasteiger partial charge >= 0.3 is 0 Å². The Balaban J connectivity index is 0.000000166. The van der Waals surface area contributed by atoms with E-state index in [0.29, 0.717) is 13.2 Å². The van der Waals surface area contributed by atoms with Crippen LogP contribution in [0.4, 0.5) is 4.39 Å². The summed E-state index contributed by atoms with van der Waals surface area (Å²) in [6, 6.07) is 15.6. The maximum atomic E-state index is 12.2. The van der Waals surface area contributed by atoms with E-state index in [9.17, 15) is 9.18 Å². The molecular weight excluding hydrogens is 328 g/mol. The van der Waals surface area contributed by atoms with Gasteiger partial charge in [-0.2, -0.15) is 0 Å². The first kappa shape index (κ1) is 18.4. The Kier molecular flexibility index (Phi) is 9.23. The number of carbonyl (C=O) groups is 1. The van der Waals surface area contributed by atoms with E-state index >= 15 is 0 Å². The number of benzene rings is 2. The highest BCUT2D eigenvalue weighted by molar-refractivity contribution is 6.30. The van der Waals surface area contributed by atoms with E-state index in [-0.39, 0.29) is 23.4 Å². The van der Waals surface area contributed by atoms with Crippen LogP contribution in [0.15, 0.2) is 54.6 Å². The molecule has 0 spiro atoms. The second kappa shape index (κ2) is 11.0. The Hall–Kier alpha value is -1.62. The zero-order valence-electron chi connectivity index (χ0n) is 11.8. The highest BCUT2D eigenvalue weighted by Gasteiger charge is 2.04. The van der Waals surface area contributed by atoms with Crippen LogP contribution in [0.2, 0.25) is 10.0 Å². The molecule has 3 nitrogen and oxygen atoms in total. The van der Waals surface area contributed by atoms with Crippen LogP contribution >= 0.6 is 23.2 Å². The van der Waals surface area contributed by atoms with Crippen molar-refractivity contribution < 1.29 is 13.9 Å². The number of hydrogen-bond acceptors (Lipinski definition) is 2. The number of morpholine rings is 1. The lowest BCUT2D eigenvalue weighted by molar-refractivity contribution is -0.128. The molecule has 1 amide bonds. The summed E-state index contributed by atoms with van der Waals surface area (Å²) in [6.07, 6.45) is 0. The van der Waals surface area contributed by atoms with Crippen LogP contribution in [0.25, 0.3) is 0 Å². The fourth-order valence-electron chi connectivity index (χ4n) is 1.33. The fourth-order valence-corrected chi connectivity index (χ4v) is 1.61. The molecule has 1 heterocycles. The summed E-state index contributed by atoms with van der Waals surface area (Å²) in [5.41, 5.74) is 0. The number of carbonyl (C=O) groups excluding carboxylic acids is 1. The van der Waals surface area contributed by atoms with Crippen molar-refractivity contribution in [3.8, 4) is 0 Å². The molecule has 0 aromatic heterocycles. The van der Waals surface area contributed by atoms with Crippen molar-refractivity contribution in [3.63, 3.8) is 0 Å². The summed E-state index contributed by atoms with van der Waals surface area (Å²) in [5, 5.41) is 3.59. The predicted octanol–water partition coefficient (Wildman–Crippen LogP) is 3.95. The van der Waals surface area contributed by atoms with Gasteiger partial charge in [-0.15, -0.1) is 0 Å². The van der Waals surface area contributed by atoms with Gasteiger partial charge in [0.2, 0.25) is 5.91 Å². The number of nitrogens with one attached hydrogen (secondary N) is 1. The molecule has 0 atom stereocenters. The highest BCUT2D eigenvalue weighted by Crippen LogP contribution is 2.11. The van der Waals surface area contributed by atoms with Gasteiger partial charge in [0.25, 0.3) is 0 Å². The van der Waals surface area contributed by atoms with Crippen molar-refractivity contribution in [2.75, 3.05) is 19.8 Å². The van der Waals surface area contributed by atoms with E-state index in [4.69, 9.17) is 27.9 Å². The Morgan fingerprint density at radius 1 is 1.00 bits per heavy atom. The van der Waals surface area contributed by atoms with Gasteiger partial charge in [0.1, 0.15) is 12.4 Å². The van der Waals surface area contributed by atoms with E-state index in [1.54, 1.807) is 12.1 Å². The Morgan fingerprint density at radius 2 is 1.64 bits per heavy atom. The molecule has 0 unspecified atom stereocenters. The molecule has 22 heavy (non-hydrogen) atoms. The third-order valence-electron chi connectivity index (χ3n) is 2.36. The van der Waals surface area contributed by atoms with Gasteiger partial charge in [-0.3, -0.25) is 4.79 Å². The molecule has 0 radical (unpaired) electrons. The molecule has 1 N–H and O–H groups in total. The molecular formula is C16H16Cl2FNO2. The smallest absolute Gasteiger partial charge is 0.246 e. The molecule has 2 aromatic rings. The maximum absolute atomic E-state index is 12.2. The summed E-state index contributed by atoms with van der Waals surface area (Å²) in [4.78, 5) is 10.2. The average Bonchev–Trinajstić information content (AvgIpc) is 2.53. The highest BCUT2D eigenvalue weighted by atomic mass is 35.5. The molecule has 1 aliphatic rings. The van der Waals surface area contributed by atoms with Gasteiger partial charge < -0.3 is 10.1 Å². The van der Waals surface area contributed by atoms with Crippen LogP contribution in [-0.2, 0) is 9.53 Å². The lowest BCUT2D eigenvalue weighted by atomic mass is 10.4. The van der Waals surface area contributed by atoms with Crippen molar-refractivity contribution in [2.24, 2.45) is 0 Å². The summed E-state index contributed by atoms with van der Waals surface area (Å²) >= 11 is 10.9. The summed E-state index contributed by atoms with van der Waals surface area (Å²) in [5.74, 6) is -0.375. The number of hydrogen-bond donors (Lipinski definition) is 1. The normalized spacial score (nSPS) is 13.0. The fraction of sp³-hybridized carbons (Fsp3) is 0.188. The second-order valence-electron chi connectivity index (χ2n) is 4.11. The Bertz CT molecular complexity index is 538. The van der Waals surface area contributed by atoms with E-state index in [2.05, 4.69) is 5.32 Å². The van der Waals surface area contributed by atoms with Crippen LogP contribution < -0.4 is 5.32 Å². The summed E-state index contributed by atoms with van der Waals surface area (Å²) < 4.78 is 17.0. The average molecular weight is 344 g/mol. The van der Waals surface area contributed by atoms with E-state index in [0.717, 1.165) is 5.02 Å². The van der Waals surface area contributed by atoms with Gasteiger partial charge in [0.05, 0.1) is 11.6 Å². The van der Waals surface area contributed by atoms with Gasteiger partial charge in [-0.1, -0.05) is 53.5 Å². The van der Waals surface area contributed by atoms with Crippen molar-refractivity contribution in [1.29, 1.82) is 0 Å². The lowest BCUT2D eigenvalue weighted by Crippen LogP contribution is -2.36. The van der Waals surface area contributed by atoms with Crippen LogP contribution in [0.5, 0.6) is 0 Å². The van der Waals surface area contributed by atoms with Crippen LogP contribution in [0, 0.1) is 5.82 Å². The first-order chi connectivity index (χ1) is 10.6. The standard InChI is InChI=1S/C6H4ClF.C6H5Cl.C4H7NO2/c7-5-3-1-2-4-6(5)8;7-6-4-2-1-3-5-6;6-4-3-7-2-1-5-4/h1-4H;1-5H;1-3H2,(H,5,6). The van der Waals surface area contributed by atoms with Gasteiger partial charge in [-0.05, 0) is 24.3 Å². The van der Waals surface area contributed by atoms with Crippen LogP contribution in [0.3, 0.4) is 0 Å². The van der Waals surface area contributed by atoms with Crippen molar-refractivity contribution in [2.45, 2.75) is 0 Å². The zero-order chi connectivity index (χ0) is 16.2. The number of amides is 1. The van der Waals surface area contributed by atoms with Gasteiger partial charge in [0, 0.05) is 11.6 Å². The van der Waals surface area contributed by atoms with E-state index < -0.39 is 0 Å². The first-order valence-electron chi connectivity index (χ1n) is 6.54. The quantitative estimate of drug-likeness (QED) is 0.786. The molecule has 0 aliphatic carbocycles. The first-order valence-corrected chi connectivity index (χ1v) is 7.30. The van der Waals surface area contributed by atoms with Crippen molar-refractivity contribution in [3.05, 3.63) is 70.5 Å². The molecule has 118 valence electrons. The molecule has 3 rings (SSSR count). The Labute approximate surface area is 139 Å². The van der Waals surface area contributed by atoms with Crippen molar-refractivity contribution >= 4 is 29.1 Å². The van der Waals surface area contributed by atoms with E-state index in [1.165, 1.54) is 12.1 Å². The van der Waals surface area contributed by atoms with Gasteiger partial charge in [-0.25, -0.2) is 4.39 Å². The zero-order valence-corrected chi connectivity index (χ0v) is 13.3. The molecule has 2 aromatic carbocycles. The maximum Gasteiger partial charge on any atom is 0.246 e. The molecule has 0 saturated carbocycles. The summed E-state index contributed by atoms with van der Waals surface area (Å²) in [7, 11) is 0. The van der Waals surface area contributed by atoms with E-state index in [1.807, 2.05) is 30.3 Å². The third kappa shape index (κ3) is 8.62. The second-order valence-corrected chi connectivity index (χ2v) is 4.96. The number of ether oxygens (including phenoxy) is 1. The summed E-state index contributed by atoms with van der Waals surface area (Å²) in [6.45, 7) is 1.56. The largest absolute Gasteiger partial charge is 0.370 e. The molecule has 1 fully saturated rings. The predicted molar refractivity (Wildman–Crippen MR) is 86.7 cm³/mol. The van der Waals surface area contributed by atoms with Crippen LogP contribution in [-0.4, -0.2) is 25.7 Å². The van der Waals surface area contributed by atoms with Gasteiger partial charge in [0.15, 0.2) is 0 Å².